The van der Waals surface area contributed by atoms with Crippen LogP contribution in [0.4, 0.5) is 0 Å². The van der Waals surface area contributed by atoms with Crippen molar-refractivity contribution in [2.75, 3.05) is 13.1 Å². The Kier molecular flexibility index (Phi) is 7.06. The van der Waals surface area contributed by atoms with Crippen molar-refractivity contribution in [3.8, 4) is 0 Å². The number of nitrogens with one attached hydrogen (secondary N) is 1. The average molecular weight is 386 g/mol. The number of benzene rings is 1. The van der Waals surface area contributed by atoms with Crippen molar-refractivity contribution < 1.29 is 19.5 Å². The Hall–Kier alpha value is -2.37. The van der Waals surface area contributed by atoms with Gasteiger partial charge in [0.05, 0.1) is 5.92 Å². The Bertz CT molecular complexity index is 675. The predicted molar refractivity (Wildman–Crippen MR) is 106 cm³/mol. The van der Waals surface area contributed by atoms with E-state index < -0.39 is 5.97 Å². The summed E-state index contributed by atoms with van der Waals surface area (Å²) in [6.45, 7) is 1.37. The molecular weight excluding hydrogens is 356 g/mol. The number of rotatable bonds is 6. The van der Waals surface area contributed by atoms with Gasteiger partial charge < -0.3 is 15.3 Å². The summed E-state index contributed by atoms with van der Waals surface area (Å²) >= 11 is 0. The highest BCUT2D eigenvalue weighted by Gasteiger charge is 2.31. The Labute approximate surface area is 166 Å². The highest BCUT2D eigenvalue weighted by atomic mass is 16.4. The van der Waals surface area contributed by atoms with E-state index in [1.165, 1.54) is 5.56 Å². The van der Waals surface area contributed by atoms with Crippen LogP contribution in [0.1, 0.15) is 50.5 Å². The molecule has 3 rings (SSSR count). The Morgan fingerprint density at radius 3 is 2.14 bits per heavy atom. The summed E-state index contributed by atoms with van der Waals surface area (Å²) in [6, 6.07) is 10.1. The van der Waals surface area contributed by atoms with Crippen molar-refractivity contribution >= 4 is 17.8 Å². The number of nitrogens with zero attached hydrogens (tertiary/aromatic N) is 1. The summed E-state index contributed by atoms with van der Waals surface area (Å²) in [5.41, 5.74) is 1.18. The largest absolute Gasteiger partial charge is 0.481 e. The van der Waals surface area contributed by atoms with Gasteiger partial charge in [-0.25, -0.2) is 0 Å². The molecule has 28 heavy (non-hydrogen) atoms. The first-order valence-corrected chi connectivity index (χ1v) is 10.4. The van der Waals surface area contributed by atoms with Crippen molar-refractivity contribution in [3.63, 3.8) is 0 Å². The molecule has 6 heteroatoms. The zero-order valence-corrected chi connectivity index (χ0v) is 16.3. The van der Waals surface area contributed by atoms with Crippen LogP contribution in [0.5, 0.6) is 0 Å². The van der Waals surface area contributed by atoms with E-state index in [2.05, 4.69) is 5.32 Å². The molecule has 1 saturated carbocycles. The molecule has 0 unspecified atom stereocenters. The number of likely N-dealkylation sites (tertiary alicyclic amines) is 1. The number of carboxylic acids is 1. The lowest BCUT2D eigenvalue weighted by Gasteiger charge is -2.34. The molecule has 1 heterocycles. The summed E-state index contributed by atoms with van der Waals surface area (Å²) in [6.07, 6.45) is 5.33. The molecule has 6 nitrogen and oxygen atoms in total. The van der Waals surface area contributed by atoms with Crippen LogP contribution in [0.2, 0.25) is 0 Å². The van der Waals surface area contributed by atoms with E-state index >= 15 is 0 Å². The number of hydrogen-bond acceptors (Lipinski definition) is 3. The molecule has 2 aliphatic rings. The van der Waals surface area contributed by atoms with E-state index in [4.69, 9.17) is 5.11 Å². The highest BCUT2D eigenvalue weighted by Crippen LogP contribution is 2.29. The van der Waals surface area contributed by atoms with Crippen LogP contribution < -0.4 is 5.32 Å². The average Bonchev–Trinajstić information content (AvgIpc) is 2.73. The maximum Gasteiger partial charge on any atom is 0.306 e. The molecule has 1 aliphatic heterocycles. The number of carbonyl (C=O) groups is 3. The van der Waals surface area contributed by atoms with E-state index in [1.807, 2.05) is 35.2 Å². The first-order chi connectivity index (χ1) is 13.5. The third kappa shape index (κ3) is 5.57. The molecule has 2 amide bonds. The molecule has 0 atom stereocenters. The molecule has 2 N–H and O–H groups in total. The second-order valence-electron chi connectivity index (χ2n) is 8.04. The van der Waals surface area contributed by atoms with Crippen molar-refractivity contribution in [3.05, 3.63) is 35.9 Å². The monoisotopic (exact) mass is 386 g/mol. The van der Waals surface area contributed by atoms with Crippen LogP contribution in [-0.2, 0) is 20.8 Å². The Morgan fingerprint density at radius 1 is 0.929 bits per heavy atom. The number of carboxylic acid groups (broad SMARTS) is 1. The molecule has 1 aromatic rings. The lowest BCUT2D eigenvalue weighted by atomic mass is 9.81. The fourth-order valence-corrected chi connectivity index (χ4v) is 4.25. The molecule has 0 aromatic heterocycles. The minimum atomic E-state index is -0.747. The smallest absolute Gasteiger partial charge is 0.306 e. The molecule has 0 radical (unpaired) electrons. The van der Waals surface area contributed by atoms with Crippen LogP contribution >= 0.6 is 0 Å². The van der Waals surface area contributed by atoms with Crippen LogP contribution in [0.25, 0.3) is 0 Å². The minimum Gasteiger partial charge on any atom is -0.481 e. The molecule has 1 aliphatic carbocycles. The van der Waals surface area contributed by atoms with Crippen LogP contribution in [-0.4, -0.2) is 46.9 Å². The molecule has 0 spiro atoms. The summed E-state index contributed by atoms with van der Waals surface area (Å²) in [4.78, 5) is 37.8. The summed E-state index contributed by atoms with van der Waals surface area (Å²) in [7, 11) is 0. The number of amides is 2. The number of aliphatic carboxylic acids is 1. The summed E-state index contributed by atoms with van der Waals surface area (Å²) in [5.74, 6) is -0.878. The lowest BCUT2D eigenvalue weighted by Crippen LogP contribution is -2.48. The maximum absolute atomic E-state index is 12.5. The third-order valence-electron chi connectivity index (χ3n) is 6.11. The molecule has 0 bridgehead atoms. The molecular formula is C22H30N2O4. The molecule has 1 saturated heterocycles. The first-order valence-electron chi connectivity index (χ1n) is 10.4. The van der Waals surface area contributed by atoms with Gasteiger partial charge in [-0.3, -0.25) is 14.4 Å². The maximum atomic E-state index is 12.5. The van der Waals surface area contributed by atoms with E-state index in [9.17, 15) is 14.4 Å². The van der Waals surface area contributed by atoms with Gasteiger partial charge in [-0.05, 0) is 50.5 Å². The van der Waals surface area contributed by atoms with Gasteiger partial charge in [-0.2, -0.15) is 0 Å². The number of carbonyl (C=O) groups excluding carboxylic acids is 2. The number of aryl methyl sites for hydroxylation is 1. The number of hydrogen-bond donors (Lipinski definition) is 2. The van der Waals surface area contributed by atoms with E-state index in [0.29, 0.717) is 45.2 Å². The van der Waals surface area contributed by atoms with Gasteiger partial charge >= 0.3 is 5.97 Å². The van der Waals surface area contributed by atoms with E-state index in [0.717, 1.165) is 19.3 Å². The van der Waals surface area contributed by atoms with E-state index in [1.54, 1.807) is 0 Å². The SMILES string of the molecule is O=C(O)C1CCC(C(=O)NC2CCN(C(=O)CCc3ccccc3)CC2)CC1. The predicted octanol–water partition coefficient (Wildman–Crippen LogP) is 2.62. The van der Waals surface area contributed by atoms with Gasteiger partial charge in [-0.15, -0.1) is 0 Å². The topological polar surface area (TPSA) is 86.7 Å². The Morgan fingerprint density at radius 2 is 1.54 bits per heavy atom. The van der Waals surface area contributed by atoms with Crippen LogP contribution in [0.15, 0.2) is 30.3 Å². The van der Waals surface area contributed by atoms with Gasteiger partial charge in [0.15, 0.2) is 0 Å². The van der Waals surface area contributed by atoms with Gasteiger partial charge in [0, 0.05) is 31.5 Å². The van der Waals surface area contributed by atoms with Crippen LogP contribution in [0, 0.1) is 11.8 Å². The fraction of sp³-hybridized carbons (Fsp3) is 0.591. The van der Waals surface area contributed by atoms with Crippen molar-refractivity contribution in [1.82, 2.24) is 10.2 Å². The first kappa shape index (κ1) is 20.4. The van der Waals surface area contributed by atoms with Gasteiger partial charge in [0.25, 0.3) is 0 Å². The fourth-order valence-electron chi connectivity index (χ4n) is 4.25. The quantitative estimate of drug-likeness (QED) is 0.787. The van der Waals surface area contributed by atoms with Crippen molar-refractivity contribution in [2.45, 2.75) is 57.4 Å². The normalized spacial score (nSPS) is 23.2. The second kappa shape index (κ2) is 9.71. The van der Waals surface area contributed by atoms with Crippen molar-refractivity contribution in [1.29, 1.82) is 0 Å². The second-order valence-corrected chi connectivity index (χ2v) is 8.04. The van der Waals surface area contributed by atoms with Gasteiger partial charge in [0.2, 0.25) is 11.8 Å². The zero-order chi connectivity index (χ0) is 19.9. The lowest BCUT2D eigenvalue weighted by molar-refractivity contribution is -0.144. The molecule has 2 fully saturated rings. The molecule has 1 aromatic carbocycles. The summed E-state index contributed by atoms with van der Waals surface area (Å²) < 4.78 is 0. The summed E-state index contributed by atoms with van der Waals surface area (Å²) in [5, 5.41) is 12.2. The third-order valence-corrected chi connectivity index (χ3v) is 6.11. The Balaban J connectivity index is 1.36. The highest BCUT2D eigenvalue weighted by molar-refractivity contribution is 5.80. The van der Waals surface area contributed by atoms with Gasteiger partial charge in [-0.1, -0.05) is 30.3 Å². The standard InChI is InChI=1S/C22H30N2O4/c25-20(11-6-16-4-2-1-3-5-16)24-14-12-19(13-15-24)23-21(26)17-7-9-18(10-8-17)22(27)28/h1-5,17-19H,6-15H2,(H,23,26)(H,27,28). The zero-order valence-electron chi connectivity index (χ0n) is 16.3. The van der Waals surface area contributed by atoms with Crippen LogP contribution in [0.3, 0.4) is 0 Å². The van der Waals surface area contributed by atoms with E-state index in [-0.39, 0.29) is 29.7 Å². The van der Waals surface area contributed by atoms with Gasteiger partial charge in [0.1, 0.15) is 0 Å². The van der Waals surface area contributed by atoms with Crippen molar-refractivity contribution in [2.24, 2.45) is 11.8 Å². The minimum absolute atomic E-state index is 0.0534. The number of piperidine rings is 1. The molecule has 152 valence electrons.